The summed E-state index contributed by atoms with van der Waals surface area (Å²) in [6.45, 7) is 0. The zero-order chi connectivity index (χ0) is 13.4. The van der Waals surface area contributed by atoms with Crippen molar-refractivity contribution in [1.82, 2.24) is 3.96 Å². The number of nitrogens with zero attached hydrogens (tertiary/aromatic N) is 2. The van der Waals surface area contributed by atoms with Crippen LogP contribution in [-0.4, -0.2) is 3.96 Å². The van der Waals surface area contributed by atoms with E-state index in [0.29, 0.717) is 21.7 Å². The summed E-state index contributed by atoms with van der Waals surface area (Å²) in [5, 5.41) is 10.3. The van der Waals surface area contributed by atoms with Crippen molar-refractivity contribution < 1.29 is 0 Å². The smallest absolute Gasteiger partial charge is 0.267 e. The quantitative estimate of drug-likeness (QED) is 0.686. The SMILES string of the molecule is N#Cc1ccc(Cl)cc1-n1sc2ccccc2c1=O. The van der Waals surface area contributed by atoms with Crippen molar-refractivity contribution in [3.05, 3.63) is 63.4 Å². The highest BCUT2D eigenvalue weighted by molar-refractivity contribution is 7.14. The summed E-state index contributed by atoms with van der Waals surface area (Å²) in [7, 11) is 0. The van der Waals surface area contributed by atoms with E-state index in [1.54, 1.807) is 24.3 Å². The monoisotopic (exact) mass is 286 g/mol. The summed E-state index contributed by atoms with van der Waals surface area (Å²) in [5.41, 5.74) is 0.832. The van der Waals surface area contributed by atoms with Crippen molar-refractivity contribution >= 4 is 33.2 Å². The summed E-state index contributed by atoms with van der Waals surface area (Å²) in [5.74, 6) is 0. The van der Waals surface area contributed by atoms with E-state index in [1.165, 1.54) is 15.5 Å². The van der Waals surface area contributed by atoms with Gasteiger partial charge in [0.1, 0.15) is 6.07 Å². The van der Waals surface area contributed by atoms with Gasteiger partial charge in [-0.25, -0.2) is 3.96 Å². The van der Waals surface area contributed by atoms with Crippen molar-refractivity contribution in [1.29, 1.82) is 5.26 Å². The molecular weight excluding hydrogens is 280 g/mol. The van der Waals surface area contributed by atoms with E-state index in [1.807, 2.05) is 18.2 Å². The molecule has 1 heterocycles. The molecule has 5 heteroatoms. The van der Waals surface area contributed by atoms with Gasteiger partial charge in [0.2, 0.25) is 0 Å². The lowest BCUT2D eigenvalue weighted by atomic mass is 10.2. The van der Waals surface area contributed by atoms with Gasteiger partial charge in [-0.1, -0.05) is 35.3 Å². The standard InChI is InChI=1S/C14H7ClN2OS/c15-10-6-5-9(8-16)12(7-10)17-14(18)11-3-1-2-4-13(11)19-17/h1-7H. The van der Waals surface area contributed by atoms with E-state index in [0.717, 1.165) is 4.70 Å². The number of hydrogen-bond donors (Lipinski definition) is 0. The van der Waals surface area contributed by atoms with Crippen LogP contribution in [0.15, 0.2) is 47.3 Å². The van der Waals surface area contributed by atoms with Gasteiger partial charge in [-0.3, -0.25) is 4.79 Å². The zero-order valence-corrected chi connectivity index (χ0v) is 11.2. The lowest BCUT2D eigenvalue weighted by Gasteiger charge is -2.03. The molecule has 0 radical (unpaired) electrons. The lowest BCUT2D eigenvalue weighted by Crippen LogP contribution is -2.11. The Morgan fingerprint density at radius 2 is 2.00 bits per heavy atom. The van der Waals surface area contributed by atoms with Gasteiger partial charge < -0.3 is 0 Å². The number of aromatic nitrogens is 1. The number of rotatable bonds is 1. The van der Waals surface area contributed by atoms with Gasteiger partial charge in [0.25, 0.3) is 5.56 Å². The second kappa shape index (κ2) is 4.54. The fourth-order valence-corrected chi connectivity index (χ4v) is 3.08. The second-order valence-corrected chi connectivity index (χ2v) is 5.38. The minimum Gasteiger partial charge on any atom is -0.267 e. The van der Waals surface area contributed by atoms with Crippen LogP contribution in [0.25, 0.3) is 15.8 Å². The molecule has 3 aromatic rings. The van der Waals surface area contributed by atoms with E-state index in [4.69, 9.17) is 16.9 Å². The van der Waals surface area contributed by atoms with Crippen molar-refractivity contribution in [3.63, 3.8) is 0 Å². The van der Waals surface area contributed by atoms with Crippen LogP contribution in [0.4, 0.5) is 0 Å². The molecule has 0 saturated heterocycles. The number of halogens is 1. The molecule has 0 aliphatic carbocycles. The minimum absolute atomic E-state index is 0.126. The summed E-state index contributed by atoms with van der Waals surface area (Å²) in [6.07, 6.45) is 0. The average Bonchev–Trinajstić information content (AvgIpc) is 2.76. The topological polar surface area (TPSA) is 45.8 Å². The fourth-order valence-electron chi connectivity index (χ4n) is 1.90. The highest BCUT2D eigenvalue weighted by Crippen LogP contribution is 2.24. The molecule has 1 aromatic heterocycles. The molecule has 3 nitrogen and oxygen atoms in total. The van der Waals surface area contributed by atoms with Gasteiger partial charge in [0.05, 0.1) is 21.3 Å². The van der Waals surface area contributed by atoms with E-state index in [2.05, 4.69) is 6.07 Å². The molecule has 3 rings (SSSR count). The molecule has 92 valence electrons. The molecule has 0 spiro atoms. The molecule has 0 N–H and O–H groups in total. The van der Waals surface area contributed by atoms with Gasteiger partial charge >= 0.3 is 0 Å². The predicted octanol–water partition coefficient (Wildman–Crippen LogP) is 3.58. The number of hydrogen-bond acceptors (Lipinski definition) is 3. The highest BCUT2D eigenvalue weighted by Gasteiger charge is 2.12. The largest absolute Gasteiger partial charge is 0.273 e. The Balaban J connectivity index is 2.37. The van der Waals surface area contributed by atoms with Gasteiger partial charge in [0, 0.05) is 5.02 Å². The van der Waals surface area contributed by atoms with Crippen molar-refractivity contribution in [2.45, 2.75) is 0 Å². The predicted molar refractivity (Wildman–Crippen MR) is 77.1 cm³/mol. The maximum Gasteiger partial charge on any atom is 0.273 e. The summed E-state index contributed by atoms with van der Waals surface area (Å²) in [4.78, 5) is 12.3. The molecule has 0 saturated carbocycles. The Morgan fingerprint density at radius 1 is 1.21 bits per heavy atom. The summed E-state index contributed by atoms with van der Waals surface area (Å²) in [6, 6.07) is 14.3. The number of fused-ring (bicyclic) bond motifs is 1. The van der Waals surface area contributed by atoms with Crippen LogP contribution >= 0.6 is 23.1 Å². The van der Waals surface area contributed by atoms with Gasteiger partial charge in [-0.15, -0.1) is 0 Å². The number of benzene rings is 2. The maximum atomic E-state index is 12.3. The van der Waals surface area contributed by atoms with Crippen LogP contribution in [0, 0.1) is 11.3 Å². The van der Waals surface area contributed by atoms with Crippen LogP contribution in [0.2, 0.25) is 5.02 Å². The third kappa shape index (κ3) is 1.93. The van der Waals surface area contributed by atoms with Crippen LogP contribution < -0.4 is 5.56 Å². The zero-order valence-electron chi connectivity index (χ0n) is 9.63. The normalized spacial score (nSPS) is 10.5. The van der Waals surface area contributed by atoms with Crippen LogP contribution in [0.5, 0.6) is 0 Å². The van der Waals surface area contributed by atoms with Crippen LogP contribution in [-0.2, 0) is 0 Å². The first-order chi connectivity index (χ1) is 9.20. The van der Waals surface area contributed by atoms with Gasteiger partial charge in [0.15, 0.2) is 0 Å². The molecule has 0 fully saturated rings. The Morgan fingerprint density at radius 3 is 2.74 bits per heavy atom. The van der Waals surface area contributed by atoms with Crippen molar-refractivity contribution in [3.8, 4) is 11.8 Å². The Labute approximate surface area is 118 Å². The molecule has 0 aliphatic rings. The van der Waals surface area contributed by atoms with Crippen LogP contribution in [0.3, 0.4) is 0 Å². The lowest BCUT2D eigenvalue weighted by molar-refractivity contribution is 1.13. The van der Waals surface area contributed by atoms with Crippen molar-refractivity contribution in [2.75, 3.05) is 0 Å². The van der Waals surface area contributed by atoms with E-state index in [9.17, 15) is 4.79 Å². The van der Waals surface area contributed by atoms with Crippen LogP contribution in [0.1, 0.15) is 5.56 Å². The minimum atomic E-state index is -0.126. The van der Waals surface area contributed by atoms with E-state index >= 15 is 0 Å². The third-order valence-electron chi connectivity index (χ3n) is 2.79. The molecule has 0 amide bonds. The highest BCUT2D eigenvalue weighted by atomic mass is 35.5. The van der Waals surface area contributed by atoms with E-state index in [-0.39, 0.29) is 5.56 Å². The molecule has 0 atom stereocenters. The molecule has 2 aromatic carbocycles. The third-order valence-corrected chi connectivity index (χ3v) is 4.12. The molecule has 0 aliphatic heterocycles. The first-order valence-corrected chi connectivity index (χ1v) is 6.67. The Hall–Kier alpha value is -2.09. The Kier molecular flexibility index (Phi) is 2.86. The first-order valence-electron chi connectivity index (χ1n) is 5.52. The average molecular weight is 287 g/mol. The first kappa shape index (κ1) is 12.0. The van der Waals surface area contributed by atoms with Crippen molar-refractivity contribution in [2.24, 2.45) is 0 Å². The Bertz CT molecular complexity index is 873. The second-order valence-electron chi connectivity index (χ2n) is 3.96. The summed E-state index contributed by atoms with van der Waals surface area (Å²) < 4.78 is 2.39. The van der Waals surface area contributed by atoms with Gasteiger partial charge in [-0.2, -0.15) is 5.26 Å². The van der Waals surface area contributed by atoms with E-state index < -0.39 is 0 Å². The molecule has 0 bridgehead atoms. The van der Waals surface area contributed by atoms with Gasteiger partial charge in [-0.05, 0) is 30.3 Å². The molecular formula is C14H7ClN2OS. The molecule has 19 heavy (non-hydrogen) atoms. The molecule has 0 unspecified atom stereocenters. The number of nitriles is 1. The summed E-state index contributed by atoms with van der Waals surface area (Å²) >= 11 is 7.26. The fraction of sp³-hybridized carbons (Fsp3) is 0. The maximum absolute atomic E-state index is 12.3.